The summed E-state index contributed by atoms with van der Waals surface area (Å²) in [6.07, 6.45) is 5.04. The molecule has 2 bridgehead atoms. The largest absolute Gasteiger partial charge is 0.482 e. The standard InChI is InChI=1S/C19H21NO4.H3NO3S/c1-10(21)23-15-6-3-11-9-13-12-4-5-14(22)18-19(12,7-8-20(13)2)16(11)17(15)24-18;1-5(2,3)4/h3-6,12-14,18,22H,7-9H2,1-2H3;(H3,1,2,3,4)/t12-,13+,14-,18-,19-;/m0./s1. The number of aliphatic hydroxyl groups is 1. The van der Waals surface area contributed by atoms with E-state index in [9.17, 15) is 9.90 Å². The summed E-state index contributed by atoms with van der Waals surface area (Å²) < 4.78 is 36.9. The Balaban J connectivity index is 0.000000369. The molecule has 1 fully saturated rings. The quantitative estimate of drug-likeness (QED) is 0.251. The van der Waals surface area contributed by atoms with Crippen molar-refractivity contribution in [3.63, 3.8) is 0 Å². The molecular weight excluding hydrogens is 400 g/mol. The van der Waals surface area contributed by atoms with Crippen LogP contribution < -0.4 is 14.6 Å². The Kier molecular flexibility index (Phi) is 4.74. The van der Waals surface area contributed by atoms with Crippen molar-refractivity contribution in [2.24, 2.45) is 11.1 Å². The van der Waals surface area contributed by atoms with Crippen LogP contribution in [0.1, 0.15) is 24.5 Å². The third-order valence-electron chi connectivity index (χ3n) is 6.39. The average molecular weight is 424 g/mol. The number of hydrogen-bond donors (Lipinski definition) is 3. The predicted molar refractivity (Wildman–Crippen MR) is 103 cm³/mol. The first-order chi connectivity index (χ1) is 13.5. The fourth-order valence-electron chi connectivity index (χ4n) is 5.46. The number of nitrogens with two attached hydrogens (primary N) is 1. The lowest BCUT2D eigenvalue weighted by Crippen LogP contribution is -2.64. The normalized spacial score (nSPS) is 33.8. The molecule has 158 valence electrons. The van der Waals surface area contributed by atoms with E-state index in [4.69, 9.17) is 22.4 Å². The van der Waals surface area contributed by atoms with E-state index in [1.165, 1.54) is 18.1 Å². The van der Waals surface area contributed by atoms with Crippen LogP contribution in [0.5, 0.6) is 11.5 Å². The number of rotatable bonds is 1. The van der Waals surface area contributed by atoms with Crippen molar-refractivity contribution < 1.29 is 32.3 Å². The van der Waals surface area contributed by atoms with Gasteiger partial charge in [0.25, 0.3) is 0 Å². The van der Waals surface area contributed by atoms with Crippen molar-refractivity contribution in [2.45, 2.75) is 43.4 Å². The topological polar surface area (TPSA) is 139 Å². The van der Waals surface area contributed by atoms with Crippen LogP contribution in [-0.4, -0.2) is 60.8 Å². The van der Waals surface area contributed by atoms with Crippen LogP contribution >= 0.6 is 0 Å². The number of benzene rings is 1. The second-order valence-electron chi connectivity index (χ2n) is 8.02. The number of piperidine rings is 1. The monoisotopic (exact) mass is 424 g/mol. The number of likely N-dealkylation sites (tertiary alicyclic amines) is 1. The fourth-order valence-corrected chi connectivity index (χ4v) is 5.46. The number of nitrogens with zero attached hydrogens (tertiary/aromatic N) is 1. The Morgan fingerprint density at radius 3 is 2.72 bits per heavy atom. The molecule has 5 atom stereocenters. The molecular formula is C19H24N2O7S. The highest BCUT2D eigenvalue weighted by Gasteiger charge is 2.64. The molecule has 2 aliphatic carbocycles. The molecule has 5 rings (SSSR count). The Labute approximate surface area is 169 Å². The number of carbonyl (C=O) groups excluding carboxylic acids is 1. The van der Waals surface area contributed by atoms with Gasteiger partial charge in [-0.3, -0.25) is 9.35 Å². The summed E-state index contributed by atoms with van der Waals surface area (Å²) in [4.78, 5) is 13.9. The van der Waals surface area contributed by atoms with E-state index in [1.807, 2.05) is 12.1 Å². The first-order valence-corrected chi connectivity index (χ1v) is 10.9. The van der Waals surface area contributed by atoms with Crippen LogP contribution in [0.4, 0.5) is 0 Å². The van der Waals surface area contributed by atoms with Crippen molar-refractivity contribution in [1.29, 1.82) is 0 Å². The lowest BCUT2D eigenvalue weighted by Gasteiger charge is -2.56. The molecule has 1 aromatic carbocycles. The molecule has 10 heteroatoms. The van der Waals surface area contributed by atoms with Gasteiger partial charge >= 0.3 is 16.3 Å². The third-order valence-corrected chi connectivity index (χ3v) is 6.39. The second-order valence-corrected chi connectivity index (χ2v) is 9.05. The molecule has 0 aromatic heterocycles. The van der Waals surface area contributed by atoms with E-state index in [1.54, 1.807) is 0 Å². The Hall–Kier alpha value is -1.98. The van der Waals surface area contributed by atoms with Crippen molar-refractivity contribution in [1.82, 2.24) is 4.90 Å². The van der Waals surface area contributed by atoms with Crippen LogP contribution in [0.15, 0.2) is 24.3 Å². The summed E-state index contributed by atoms with van der Waals surface area (Å²) in [7, 11) is -1.99. The van der Waals surface area contributed by atoms with Gasteiger partial charge in [-0.25, -0.2) is 5.14 Å². The predicted octanol–water partition coefficient (Wildman–Crippen LogP) is 0.166. The Morgan fingerprint density at radius 1 is 1.38 bits per heavy atom. The van der Waals surface area contributed by atoms with Gasteiger partial charge in [-0.15, -0.1) is 0 Å². The number of ether oxygens (including phenoxy) is 2. The number of aliphatic hydroxyl groups excluding tert-OH is 1. The summed E-state index contributed by atoms with van der Waals surface area (Å²) in [5, 5.41) is 14.5. The number of carbonyl (C=O) groups is 1. The minimum absolute atomic E-state index is 0.204. The van der Waals surface area contributed by atoms with E-state index in [0.29, 0.717) is 23.5 Å². The summed E-state index contributed by atoms with van der Waals surface area (Å²) in [6.45, 7) is 2.38. The highest BCUT2D eigenvalue weighted by atomic mass is 32.2. The SMILES string of the molecule is CC(=O)Oc1ccc2c3c1O[C@H]1[C@@H](O)C=C[C@H]4[C@@H](C2)N(C)CC[C@@]341.NS(=O)(=O)O. The summed E-state index contributed by atoms with van der Waals surface area (Å²) >= 11 is 0. The highest BCUT2D eigenvalue weighted by Crippen LogP contribution is 2.62. The van der Waals surface area contributed by atoms with E-state index in [-0.39, 0.29) is 17.5 Å². The smallest absolute Gasteiger partial charge is 0.330 e. The number of esters is 1. The zero-order valence-corrected chi connectivity index (χ0v) is 16.9. The minimum atomic E-state index is -4.17. The van der Waals surface area contributed by atoms with Gasteiger partial charge in [0.05, 0.1) is 0 Å². The molecule has 4 aliphatic rings. The zero-order chi connectivity index (χ0) is 21.1. The molecule has 2 heterocycles. The molecule has 1 aromatic rings. The van der Waals surface area contributed by atoms with Gasteiger partial charge in [0.2, 0.25) is 0 Å². The van der Waals surface area contributed by atoms with Crippen molar-refractivity contribution >= 4 is 16.3 Å². The van der Waals surface area contributed by atoms with Gasteiger partial charge in [0, 0.05) is 29.9 Å². The van der Waals surface area contributed by atoms with E-state index < -0.39 is 16.4 Å². The molecule has 2 aliphatic heterocycles. The van der Waals surface area contributed by atoms with Gasteiger partial charge in [-0.2, -0.15) is 8.42 Å². The molecule has 0 saturated carbocycles. The van der Waals surface area contributed by atoms with Gasteiger partial charge < -0.3 is 19.5 Å². The van der Waals surface area contributed by atoms with Crippen molar-refractivity contribution in [3.05, 3.63) is 35.4 Å². The second kappa shape index (κ2) is 6.78. The summed E-state index contributed by atoms with van der Waals surface area (Å²) in [5.74, 6) is 1.12. The van der Waals surface area contributed by atoms with Gasteiger partial charge in [0.1, 0.15) is 12.2 Å². The van der Waals surface area contributed by atoms with Crippen LogP contribution in [0.25, 0.3) is 0 Å². The maximum absolute atomic E-state index is 11.5. The van der Waals surface area contributed by atoms with E-state index in [0.717, 1.165) is 19.4 Å². The average Bonchev–Trinajstić information content (AvgIpc) is 2.95. The van der Waals surface area contributed by atoms with Gasteiger partial charge in [0.15, 0.2) is 11.5 Å². The van der Waals surface area contributed by atoms with Crippen molar-refractivity contribution in [2.75, 3.05) is 13.6 Å². The number of likely N-dealkylation sites (N-methyl/N-ethyl adjacent to an activating group) is 1. The van der Waals surface area contributed by atoms with E-state index >= 15 is 0 Å². The molecule has 4 N–H and O–H groups in total. The van der Waals surface area contributed by atoms with Gasteiger partial charge in [-0.1, -0.05) is 18.2 Å². The lowest BCUT2D eigenvalue weighted by molar-refractivity contribution is -0.132. The van der Waals surface area contributed by atoms with Crippen molar-refractivity contribution in [3.8, 4) is 11.5 Å². The molecule has 9 nitrogen and oxygen atoms in total. The fraction of sp³-hybridized carbons (Fsp3) is 0.526. The molecule has 0 amide bonds. The minimum Gasteiger partial charge on any atom is -0.482 e. The Bertz CT molecular complexity index is 985. The van der Waals surface area contributed by atoms with E-state index in [2.05, 4.69) is 29.2 Å². The number of hydrogen-bond acceptors (Lipinski definition) is 7. The van der Waals surface area contributed by atoms with Crippen LogP contribution in [0.3, 0.4) is 0 Å². The summed E-state index contributed by atoms with van der Waals surface area (Å²) in [5.41, 5.74) is 2.23. The van der Waals surface area contributed by atoms with Crippen LogP contribution in [0.2, 0.25) is 0 Å². The molecule has 1 spiro atoms. The lowest BCUT2D eigenvalue weighted by atomic mass is 9.53. The Morgan fingerprint density at radius 2 is 2.07 bits per heavy atom. The van der Waals surface area contributed by atoms with Gasteiger partial charge in [-0.05, 0) is 38.1 Å². The summed E-state index contributed by atoms with van der Waals surface area (Å²) in [6, 6.07) is 4.32. The molecule has 1 saturated heterocycles. The third kappa shape index (κ3) is 3.24. The molecule has 29 heavy (non-hydrogen) atoms. The maximum Gasteiger partial charge on any atom is 0.330 e. The maximum atomic E-state index is 11.5. The zero-order valence-electron chi connectivity index (χ0n) is 16.1. The first kappa shape index (κ1) is 20.3. The first-order valence-electron chi connectivity index (χ1n) is 9.35. The highest BCUT2D eigenvalue weighted by molar-refractivity contribution is 7.83. The molecule has 0 unspecified atom stereocenters. The van der Waals surface area contributed by atoms with Crippen LogP contribution in [0, 0.1) is 5.92 Å². The molecule has 0 radical (unpaired) electrons. The van der Waals surface area contributed by atoms with Crippen LogP contribution in [-0.2, 0) is 26.9 Å².